The van der Waals surface area contributed by atoms with Gasteiger partial charge in [-0.15, -0.1) is 0 Å². The Morgan fingerprint density at radius 2 is 1.85 bits per heavy atom. The summed E-state index contributed by atoms with van der Waals surface area (Å²) in [5, 5.41) is 0. The van der Waals surface area contributed by atoms with E-state index < -0.39 is 10.0 Å². The lowest BCUT2D eigenvalue weighted by molar-refractivity contribution is 0.601. The first kappa shape index (κ1) is 17.8. The Bertz CT molecular complexity index is 1250. The summed E-state index contributed by atoms with van der Waals surface area (Å²) in [5.74, 6) is 0. The Kier molecular flexibility index (Phi) is 4.49. The van der Waals surface area contributed by atoms with Gasteiger partial charge in [0.15, 0.2) is 0 Å². The van der Waals surface area contributed by atoms with Gasteiger partial charge in [0.05, 0.1) is 5.69 Å². The minimum absolute atomic E-state index is 0.193. The highest BCUT2D eigenvalue weighted by molar-refractivity contribution is 9.10. The molecule has 0 spiro atoms. The van der Waals surface area contributed by atoms with Crippen LogP contribution in [0.1, 0.15) is 5.56 Å². The molecule has 0 atom stereocenters. The van der Waals surface area contributed by atoms with Crippen LogP contribution in [0.15, 0.2) is 82.4 Å². The Morgan fingerprint density at radius 1 is 1.04 bits per heavy atom. The number of halogens is 1. The lowest BCUT2D eigenvalue weighted by Gasteiger charge is -2.10. The summed E-state index contributed by atoms with van der Waals surface area (Å²) in [6.07, 6.45) is 3.88. The Balaban J connectivity index is 1.70. The van der Waals surface area contributed by atoms with Gasteiger partial charge in [0, 0.05) is 28.1 Å². The zero-order valence-electron chi connectivity index (χ0n) is 14.4. The number of rotatable bonds is 4. The number of nitrogens with zero attached hydrogens (tertiary/aromatic N) is 2. The molecule has 136 valence electrons. The maximum absolute atomic E-state index is 12.7. The Hall–Kier alpha value is -2.64. The van der Waals surface area contributed by atoms with E-state index in [-0.39, 0.29) is 4.90 Å². The molecule has 0 fully saturated rings. The summed E-state index contributed by atoms with van der Waals surface area (Å²) in [6.45, 7) is 2.01. The zero-order valence-corrected chi connectivity index (χ0v) is 16.8. The third-order valence-electron chi connectivity index (χ3n) is 4.21. The SMILES string of the molecule is Cc1cccn2cc(-c3cccc(NS(=O)(=O)c4ccccc4Br)c3)nc12. The number of hydrogen-bond acceptors (Lipinski definition) is 3. The Morgan fingerprint density at radius 3 is 2.63 bits per heavy atom. The van der Waals surface area contributed by atoms with Crippen LogP contribution >= 0.6 is 15.9 Å². The molecule has 2 heterocycles. The van der Waals surface area contributed by atoms with Crippen LogP contribution in [-0.4, -0.2) is 17.8 Å². The monoisotopic (exact) mass is 441 g/mol. The second-order valence-electron chi connectivity index (χ2n) is 6.16. The van der Waals surface area contributed by atoms with Crippen LogP contribution in [0, 0.1) is 6.92 Å². The lowest BCUT2D eigenvalue weighted by Crippen LogP contribution is -2.13. The largest absolute Gasteiger partial charge is 0.306 e. The first-order valence-electron chi connectivity index (χ1n) is 8.26. The molecule has 0 aliphatic heterocycles. The summed E-state index contributed by atoms with van der Waals surface area (Å²) in [7, 11) is -3.70. The predicted octanol–water partition coefficient (Wildman–Crippen LogP) is 4.87. The van der Waals surface area contributed by atoms with E-state index in [4.69, 9.17) is 0 Å². The average molecular weight is 442 g/mol. The number of hydrogen-bond donors (Lipinski definition) is 1. The van der Waals surface area contributed by atoms with Gasteiger partial charge in [-0.1, -0.05) is 30.3 Å². The molecule has 0 saturated carbocycles. The van der Waals surface area contributed by atoms with Crippen molar-refractivity contribution in [2.75, 3.05) is 4.72 Å². The fourth-order valence-electron chi connectivity index (χ4n) is 2.91. The van der Waals surface area contributed by atoms with Gasteiger partial charge < -0.3 is 4.40 Å². The minimum atomic E-state index is -3.70. The molecule has 27 heavy (non-hydrogen) atoms. The first-order valence-corrected chi connectivity index (χ1v) is 10.5. The van der Waals surface area contributed by atoms with Crippen LogP contribution in [0.5, 0.6) is 0 Å². The van der Waals surface area contributed by atoms with E-state index in [1.165, 1.54) is 0 Å². The summed E-state index contributed by atoms with van der Waals surface area (Å²) in [5.41, 5.74) is 4.06. The normalized spacial score (nSPS) is 11.6. The Labute approximate surface area is 165 Å². The molecule has 0 unspecified atom stereocenters. The molecular weight excluding hydrogens is 426 g/mol. The molecule has 0 saturated heterocycles. The summed E-state index contributed by atoms with van der Waals surface area (Å²) < 4.78 is 30.5. The van der Waals surface area contributed by atoms with Gasteiger partial charge in [0.1, 0.15) is 10.5 Å². The van der Waals surface area contributed by atoms with E-state index in [1.54, 1.807) is 36.4 Å². The second-order valence-corrected chi connectivity index (χ2v) is 8.67. The number of pyridine rings is 1. The van der Waals surface area contributed by atoms with Gasteiger partial charge in [0.25, 0.3) is 10.0 Å². The molecule has 4 aromatic rings. The van der Waals surface area contributed by atoms with E-state index in [0.717, 1.165) is 22.5 Å². The first-order chi connectivity index (χ1) is 12.9. The maximum atomic E-state index is 12.7. The summed E-state index contributed by atoms with van der Waals surface area (Å²) in [4.78, 5) is 4.86. The van der Waals surface area contributed by atoms with Gasteiger partial charge in [-0.25, -0.2) is 13.4 Å². The quantitative estimate of drug-likeness (QED) is 0.491. The average Bonchev–Trinajstić information content (AvgIpc) is 3.08. The molecule has 2 aromatic carbocycles. The molecule has 5 nitrogen and oxygen atoms in total. The third-order valence-corrected chi connectivity index (χ3v) is 6.61. The number of sulfonamides is 1. The number of aryl methyl sites for hydroxylation is 1. The van der Waals surface area contributed by atoms with Gasteiger partial charge >= 0.3 is 0 Å². The summed E-state index contributed by atoms with van der Waals surface area (Å²) >= 11 is 3.29. The molecule has 4 rings (SSSR count). The van der Waals surface area contributed by atoms with Crippen molar-refractivity contribution in [3.05, 3.63) is 83.1 Å². The van der Waals surface area contributed by atoms with Crippen LogP contribution in [0.2, 0.25) is 0 Å². The molecule has 0 radical (unpaired) electrons. The number of imidazole rings is 1. The highest BCUT2D eigenvalue weighted by atomic mass is 79.9. The van der Waals surface area contributed by atoms with E-state index in [1.807, 2.05) is 48.0 Å². The zero-order chi connectivity index (χ0) is 19.0. The molecule has 2 aromatic heterocycles. The fraction of sp³-hybridized carbons (Fsp3) is 0.0500. The molecular formula is C20H16BrN3O2S. The lowest BCUT2D eigenvalue weighted by atomic mass is 10.1. The van der Waals surface area contributed by atoms with Crippen LogP contribution in [0.3, 0.4) is 0 Å². The van der Waals surface area contributed by atoms with Crippen LogP contribution < -0.4 is 4.72 Å². The number of nitrogens with one attached hydrogen (secondary N) is 1. The highest BCUT2D eigenvalue weighted by Gasteiger charge is 2.17. The van der Waals surface area contributed by atoms with E-state index >= 15 is 0 Å². The van der Waals surface area contributed by atoms with Crippen molar-refractivity contribution < 1.29 is 8.42 Å². The second kappa shape index (κ2) is 6.83. The van der Waals surface area contributed by atoms with Crippen molar-refractivity contribution in [1.29, 1.82) is 0 Å². The maximum Gasteiger partial charge on any atom is 0.263 e. The van der Waals surface area contributed by atoms with Crippen molar-refractivity contribution in [1.82, 2.24) is 9.38 Å². The molecule has 7 heteroatoms. The molecule has 0 aliphatic carbocycles. The molecule has 0 amide bonds. The van der Waals surface area contributed by atoms with E-state index in [2.05, 4.69) is 25.6 Å². The van der Waals surface area contributed by atoms with Crippen molar-refractivity contribution in [3.8, 4) is 11.3 Å². The standard InChI is InChI=1S/C20H16BrN3O2S/c1-14-6-5-11-24-13-18(22-20(14)24)15-7-4-8-16(12-15)23-27(25,26)19-10-3-2-9-17(19)21/h2-13,23H,1H3. The number of fused-ring (bicyclic) bond motifs is 1. The number of aromatic nitrogens is 2. The van der Waals surface area contributed by atoms with Gasteiger partial charge in [-0.3, -0.25) is 4.72 Å². The minimum Gasteiger partial charge on any atom is -0.306 e. The summed E-state index contributed by atoms with van der Waals surface area (Å²) in [6, 6.07) is 17.9. The van der Waals surface area contributed by atoms with Crippen molar-refractivity contribution >= 4 is 37.3 Å². The highest BCUT2D eigenvalue weighted by Crippen LogP contribution is 2.27. The van der Waals surface area contributed by atoms with Crippen molar-refractivity contribution in [3.63, 3.8) is 0 Å². The van der Waals surface area contributed by atoms with E-state index in [9.17, 15) is 8.42 Å². The van der Waals surface area contributed by atoms with Gasteiger partial charge in [0.2, 0.25) is 0 Å². The van der Waals surface area contributed by atoms with E-state index in [0.29, 0.717) is 10.2 Å². The smallest absolute Gasteiger partial charge is 0.263 e. The third kappa shape index (κ3) is 3.48. The van der Waals surface area contributed by atoms with Gasteiger partial charge in [-0.05, 0) is 58.7 Å². The van der Waals surface area contributed by atoms with Crippen molar-refractivity contribution in [2.24, 2.45) is 0 Å². The molecule has 1 N–H and O–H groups in total. The van der Waals surface area contributed by atoms with Gasteiger partial charge in [-0.2, -0.15) is 0 Å². The number of benzene rings is 2. The molecule has 0 aliphatic rings. The fourth-order valence-corrected chi connectivity index (χ4v) is 4.96. The van der Waals surface area contributed by atoms with Crippen molar-refractivity contribution in [2.45, 2.75) is 11.8 Å². The topological polar surface area (TPSA) is 63.5 Å². The molecule has 0 bridgehead atoms. The van der Waals surface area contributed by atoms with Crippen LogP contribution in [0.25, 0.3) is 16.9 Å². The van der Waals surface area contributed by atoms with Crippen LogP contribution in [0.4, 0.5) is 5.69 Å². The van der Waals surface area contributed by atoms with Crippen LogP contribution in [-0.2, 0) is 10.0 Å². The predicted molar refractivity (Wildman–Crippen MR) is 110 cm³/mol. The number of anilines is 1.